The highest BCUT2D eigenvalue weighted by Gasteiger charge is 2.30. The van der Waals surface area contributed by atoms with Crippen molar-refractivity contribution in [2.45, 2.75) is 24.5 Å². The molecule has 0 fully saturated rings. The largest absolute Gasteiger partial charge is 0.416 e. The third kappa shape index (κ3) is 7.35. The lowest BCUT2D eigenvalue weighted by atomic mass is 10.1. The summed E-state index contributed by atoms with van der Waals surface area (Å²) in [7, 11) is -3.66. The van der Waals surface area contributed by atoms with E-state index in [2.05, 4.69) is 25.3 Å². The van der Waals surface area contributed by atoms with Crippen LogP contribution in [0.3, 0.4) is 0 Å². The second-order valence-electron chi connectivity index (χ2n) is 5.91. The van der Waals surface area contributed by atoms with Gasteiger partial charge < -0.3 is 10.6 Å². The maximum Gasteiger partial charge on any atom is 0.416 e. The third-order valence-corrected chi connectivity index (χ3v) is 5.12. The number of nitrogens with one attached hydrogen (secondary N) is 3. The predicted molar refractivity (Wildman–Crippen MR) is 104 cm³/mol. The summed E-state index contributed by atoms with van der Waals surface area (Å²) >= 11 is 0. The fraction of sp³-hybridized carbons (Fsp3) is 0.333. The lowest BCUT2D eigenvalue weighted by Gasteiger charge is -2.12. The molecule has 3 N–H and O–H groups in total. The zero-order chi connectivity index (χ0) is 21.3. The van der Waals surface area contributed by atoms with Gasteiger partial charge in [-0.15, -0.1) is 0 Å². The number of sulfonamides is 1. The number of pyridine rings is 1. The number of halogens is 3. The maximum atomic E-state index is 12.8. The highest BCUT2D eigenvalue weighted by molar-refractivity contribution is 7.89. The van der Waals surface area contributed by atoms with Gasteiger partial charge in [0.1, 0.15) is 4.90 Å². The van der Waals surface area contributed by atoms with Crippen molar-refractivity contribution in [3.8, 4) is 0 Å². The molecule has 2 rings (SSSR count). The minimum Gasteiger partial charge on any atom is -0.357 e. The molecule has 0 bridgehead atoms. The summed E-state index contributed by atoms with van der Waals surface area (Å²) in [6, 6.07) is 7.91. The fourth-order valence-corrected chi connectivity index (χ4v) is 3.31. The Balaban J connectivity index is 1.91. The molecule has 0 aliphatic rings. The monoisotopic (exact) mass is 429 g/mol. The van der Waals surface area contributed by atoms with Gasteiger partial charge >= 0.3 is 6.18 Å². The van der Waals surface area contributed by atoms with Gasteiger partial charge in [0.05, 0.1) is 12.1 Å². The Kier molecular flexibility index (Phi) is 7.97. The van der Waals surface area contributed by atoms with Crippen LogP contribution < -0.4 is 15.4 Å². The molecule has 1 heterocycles. The molecule has 0 spiro atoms. The lowest BCUT2D eigenvalue weighted by Crippen LogP contribution is -2.41. The van der Waals surface area contributed by atoms with E-state index >= 15 is 0 Å². The van der Waals surface area contributed by atoms with Crippen LogP contribution in [0.2, 0.25) is 0 Å². The summed E-state index contributed by atoms with van der Waals surface area (Å²) < 4.78 is 65.0. The number of aliphatic imine (C=N–C) groups is 1. The Hall–Kier alpha value is -2.66. The number of benzene rings is 1. The average molecular weight is 429 g/mol. The first kappa shape index (κ1) is 22.6. The van der Waals surface area contributed by atoms with Crippen molar-refractivity contribution in [1.29, 1.82) is 0 Å². The predicted octanol–water partition coefficient (Wildman–Crippen LogP) is 2.13. The van der Waals surface area contributed by atoms with Crippen molar-refractivity contribution in [2.24, 2.45) is 4.99 Å². The van der Waals surface area contributed by atoms with E-state index in [-0.39, 0.29) is 24.5 Å². The van der Waals surface area contributed by atoms with Crippen LogP contribution in [0.1, 0.15) is 18.1 Å². The second-order valence-corrected chi connectivity index (χ2v) is 7.67. The molecule has 0 atom stereocenters. The summed E-state index contributed by atoms with van der Waals surface area (Å²) in [4.78, 5) is 8.07. The first-order valence-electron chi connectivity index (χ1n) is 8.80. The van der Waals surface area contributed by atoms with Crippen LogP contribution in [-0.2, 0) is 22.7 Å². The van der Waals surface area contributed by atoms with Gasteiger partial charge in [0, 0.05) is 32.0 Å². The van der Waals surface area contributed by atoms with Crippen molar-refractivity contribution in [3.63, 3.8) is 0 Å². The summed E-state index contributed by atoms with van der Waals surface area (Å²) in [5, 5.41) is 5.89. The Bertz CT molecular complexity index is 919. The van der Waals surface area contributed by atoms with Crippen molar-refractivity contribution < 1.29 is 21.6 Å². The van der Waals surface area contributed by atoms with Crippen LogP contribution in [0.4, 0.5) is 13.2 Å². The lowest BCUT2D eigenvalue weighted by molar-refractivity contribution is -0.137. The molecule has 0 saturated carbocycles. The van der Waals surface area contributed by atoms with Crippen LogP contribution in [0.25, 0.3) is 0 Å². The van der Waals surface area contributed by atoms with E-state index in [1.54, 1.807) is 6.07 Å². The van der Waals surface area contributed by atoms with Crippen LogP contribution in [0.5, 0.6) is 0 Å². The summed E-state index contributed by atoms with van der Waals surface area (Å²) in [6.07, 6.45) is -1.69. The normalized spacial score (nSPS) is 12.6. The van der Waals surface area contributed by atoms with E-state index in [0.717, 1.165) is 12.1 Å². The third-order valence-electron chi connectivity index (χ3n) is 3.67. The standard InChI is InChI=1S/C18H22F3N5O2S/c1-2-23-17(25-12-14-5-3-6-15(11-14)18(19,20)21)24-9-10-26-29(27,28)16-7-4-8-22-13-16/h3-8,11,13,26H,2,9-10,12H2,1H3,(H2,23,24,25). The SMILES string of the molecule is CCNC(=NCc1cccc(C(F)(F)F)c1)NCCNS(=O)(=O)c1cccnc1. The Morgan fingerprint density at radius 3 is 2.59 bits per heavy atom. The zero-order valence-corrected chi connectivity index (χ0v) is 16.5. The fourth-order valence-electron chi connectivity index (χ4n) is 2.31. The molecule has 1 aromatic heterocycles. The van der Waals surface area contributed by atoms with Crippen molar-refractivity contribution in [3.05, 3.63) is 59.9 Å². The minimum atomic E-state index is -4.41. The highest BCUT2D eigenvalue weighted by atomic mass is 32.2. The van der Waals surface area contributed by atoms with Gasteiger partial charge in [0.15, 0.2) is 5.96 Å². The molecule has 29 heavy (non-hydrogen) atoms. The van der Waals surface area contributed by atoms with E-state index in [1.807, 2.05) is 6.92 Å². The molecule has 0 radical (unpaired) electrons. The number of guanidine groups is 1. The van der Waals surface area contributed by atoms with Crippen molar-refractivity contribution >= 4 is 16.0 Å². The number of hydrogen-bond acceptors (Lipinski definition) is 4. The quantitative estimate of drug-likeness (QED) is 0.340. The molecule has 0 unspecified atom stereocenters. The van der Waals surface area contributed by atoms with Gasteiger partial charge in [0.25, 0.3) is 0 Å². The van der Waals surface area contributed by atoms with Gasteiger partial charge in [-0.1, -0.05) is 12.1 Å². The first-order valence-corrected chi connectivity index (χ1v) is 10.3. The molecule has 0 saturated heterocycles. The number of rotatable bonds is 8. The van der Waals surface area contributed by atoms with Crippen molar-refractivity contribution in [2.75, 3.05) is 19.6 Å². The number of hydrogen-bond donors (Lipinski definition) is 3. The summed E-state index contributed by atoms with van der Waals surface area (Å²) in [6.45, 7) is 2.74. The maximum absolute atomic E-state index is 12.8. The Morgan fingerprint density at radius 1 is 1.14 bits per heavy atom. The van der Waals surface area contributed by atoms with Crippen LogP contribution in [0, 0.1) is 0 Å². The number of aromatic nitrogens is 1. The topological polar surface area (TPSA) is 95.5 Å². The molecular formula is C18H22F3N5O2S. The van der Waals surface area contributed by atoms with Gasteiger partial charge in [0.2, 0.25) is 10.0 Å². The van der Waals surface area contributed by atoms with E-state index in [0.29, 0.717) is 18.1 Å². The zero-order valence-electron chi connectivity index (χ0n) is 15.7. The van der Waals surface area contributed by atoms with Gasteiger partial charge in [-0.3, -0.25) is 4.98 Å². The second kappa shape index (κ2) is 10.2. The number of nitrogens with zero attached hydrogens (tertiary/aromatic N) is 2. The molecule has 0 aliphatic heterocycles. The molecule has 7 nitrogen and oxygen atoms in total. The molecule has 0 amide bonds. The average Bonchev–Trinajstić information content (AvgIpc) is 2.69. The summed E-state index contributed by atoms with van der Waals surface area (Å²) in [5.74, 6) is 0.366. The van der Waals surface area contributed by atoms with E-state index in [4.69, 9.17) is 0 Å². The molecule has 0 aliphatic carbocycles. The van der Waals surface area contributed by atoms with E-state index < -0.39 is 21.8 Å². The summed E-state index contributed by atoms with van der Waals surface area (Å²) in [5.41, 5.74) is -0.317. The number of alkyl halides is 3. The van der Waals surface area contributed by atoms with Gasteiger partial charge in [-0.25, -0.2) is 18.1 Å². The molecule has 2 aromatic rings. The molecule has 158 valence electrons. The highest BCUT2D eigenvalue weighted by Crippen LogP contribution is 2.29. The van der Waals surface area contributed by atoms with Gasteiger partial charge in [-0.05, 0) is 36.8 Å². The Morgan fingerprint density at radius 2 is 1.93 bits per heavy atom. The van der Waals surface area contributed by atoms with E-state index in [9.17, 15) is 21.6 Å². The van der Waals surface area contributed by atoms with Crippen LogP contribution >= 0.6 is 0 Å². The van der Waals surface area contributed by atoms with Gasteiger partial charge in [-0.2, -0.15) is 13.2 Å². The smallest absolute Gasteiger partial charge is 0.357 e. The van der Waals surface area contributed by atoms with Crippen LogP contribution in [0.15, 0.2) is 58.7 Å². The van der Waals surface area contributed by atoms with Crippen LogP contribution in [-0.4, -0.2) is 39.0 Å². The Labute approximate surface area is 167 Å². The van der Waals surface area contributed by atoms with Crippen molar-refractivity contribution in [1.82, 2.24) is 20.3 Å². The minimum absolute atomic E-state index is 0.0423. The molecule has 1 aromatic carbocycles. The first-order chi connectivity index (χ1) is 13.7. The molecule has 11 heteroatoms. The van der Waals surface area contributed by atoms with E-state index in [1.165, 1.54) is 30.6 Å². The molecular weight excluding hydrogens is 407 g/mol.